The number of nitrogens with zero attached hydrogens (tertiary/aromatic N) is 1. The van der Waals surface area contributed by atoms with Crippen LogP contribution in [0.4, 0.5) is 24.5 Å². The van der Waals surface area contributed by atoms with Gasteiger partial charge in [0.25, 0.3) is 0 Å². The molecular formula is C21H21F3N2O4. The van der Waals surface area contributed by atoms with E-state index in [0.717, 1.165) is 50.7 Å². The second kappa shape index (κ2) is 9.06. The molecule has 1 heterocycles. The molecule has 1 aliphatic rings. The first-order valence-electron chi connectivity index (χ1n) is 9.41. The van der Waals surface area contributed by atoms with E-state index in [2.05, 4.69) is 19.7 Å². The Morgan fingerprint density at radius 3 is 2.27 bits per heavy atom. The summed E-state index contributed by atoms with van der Waals surface area (Å²) in [6.07, 6.45) is -1.54. The maximum absolute atomic E-state index is 12.4. The van der Waals surface area contributed by atoms with Crippen molar-refractivity contribution in [2.24, 2.45) is 0 Å². The number of rotatable bonds is 4. The van der Waals surface area contributed by atoms with E-state index < -0.39 is 18.2 Å². The van der Waals surface area contributed by atoms with Crippen molar-refractivity contribution < 1.29 is 32.2 Å². The summed E-state index contributed by atoms with van der Waals surface area (Å²) in [6.45, 7) is 1.71. The van der Waals surface area contributed by atoms with Crippen LogP contribution in [0.3, 0.4) is 0 Å². The van der Waals surface area contributed by atoms with Gasteiger partial charge in [0.2, 0.25) is 0 Å². The second-order valence-electron chi connectivity index (χ2n) is 6.80. The van der Waals surface area contributed by atoms with Crippen molar-refractivity contribution in [2.45, 2.75) is 25.6 Å². The van der Waals surface area contributed by atoms with Gasteiger partial charge in [0.15, 0.2) is 0 Å². The van der Waals surface area contributed by atoms with Gasteiger partial charge < -0.3 is 19.7 Å². The van der Waals surface area contributed by atoms with Crippen LogP contribution in [0.1, 0.15) is 19.3 Å². The highest BCUT2D eigenvalue weighted by atomic mass is 19.4. The van der Waals surface area contributed by atoms with Gasteiger partial charge in [-0.05, 0) is 55.2 Å². The van der Waals surface area contributed by atoms with Gasteiger partial charge in [-0.1, -0.05) is 12.1 Å². The van der Waals surface area contributed by atoms with Crippen LogP contribution in [0.15, 0.2) is 42.5 Å². The molecule has 0 saturated carbocycles. The van der Waals surface area contributed by atoms with Crippen LogP contribution in [0, 0.1) is 0 Å². The number of nitrogens with one attached hydrogen (secondary N) is 1. The number of piperidine rings is 1. The summed E-state index contributed by atoms with van der Waals surface area (Å²) >= 11 is 0. The lowest BCUT2D eigenvalue weighted by molar-refractivity contribution is -0.274. The number of hydrogen-bond donors (Lipinski definition) is 1. The van der Waals surface area contributed by atoms with Gasteiger partial charge in [0.05, 0.1) is 7.11 Å². The van der Waals surface area contributed by atoms with E-state index in [-0.39, 0.29) is 5.75 Å². The average molecular weight is 422 g/mol. The van der Waals surface area contributed by atoms with E-state index in [1.165, 1.54) is 24.3 Å². The highest BCUT2D eigenvalue weighted by Crippen LogP contribution is 2.36. The molecule has 0 aliphatic carbocycles. The molecule has 1 fully saturated rings. The Morgan fingerprint density at radius 1 is 1.00 bits per heavy atom. The van der Waals surface area contributed by atoms with E-state index in [4.69, 9.17) is 0 Å². The number of halogens is 3. The summed E-state index contributed by atoms with van der Waals surface area (Å²) in [5.41, 5.74) is 2.64. The molecule has 1 amide bonds. The lowest BCUT2D eigenvalue weighted by Gasteiger charge is -2.31. The number of esters is 1. The number of carbonyl (C=O) groups excluding carboxylic acids is 2. The van der Waals surface area contributed by atoms with E-state index in [1.54, 1.807) is 12.1 Å². The number of anilines is 2. The number of ether oxygens (including phenoxy) is 2. The summed E-state index contributed by atoms with van der Waals surface area (Å²) < 4.78 is 45.6. The second-order valence-corrected chi connectivity index (χ2v) is 6.80. The molecule has 1 saturated heterocycles. The molecule has 160 valence electrons. The predicted molar refractivity (Wildman–Crippen MR) is 105 cm³/mol. The highest BCUT2D eigenvalue weighted by molar-refractivity contribution is 6.37. The average Bonchev–Trinajstić information content (AvgIpc) is 2.73. The third kappa shape index (κ3) is 5.43. The van der Waals surface area contributed by atoms with Crippen molar-refractivity contribution in [3.63, 3.8) is 0 Å². The summed E-state index contributed by atoms with van der Waals surface area (Å²) in [6, 6.07) is 10.7. The van der Waals surface area contributed by atoms with Gasteiger partial charge >= 0.3 is 18.2 Å². The van der Waals surface area contributed by atoms with E-state index >= 15 is 0 Å². The van der Waals surface area contributed by atoms with E-state index in [9.17, 15) is 22.8 Å². The number of benzene rings is 2. The number of amides is 1. The predicted octanol–water partition coefficient (Wildman–Crippen LogP) is 4.35. The third-order valence-corrected chi connectivity index (χ3v) is 4.72. The SMILES string of the molecule is COC(=O)C(=O)Nc1ccc(N2CCCCC2)c(-c2ccc(OC(F)(F)F)cc2)c1. The summed E-state index contributed by atoms with van der Waals surface area (Å²) in [7, 11) is 1.11. The molecule has 9 heteroatoms. The van der Waals surface area contributed by atoms with Crippen molar-refractivity contribution in [3.8, 4) is 16.9 Å². The number of alkyl halides is 3. The van der Waals surface area contributed by atoms with Crippen LogP contribution in [0.2, 0.25) is 0 Å². The highest BCUT2D eigenvalue weighted by Gasteiger charge is 2.31. The normalized spacial score (nSPS) is 14.2. The zero-order valence-corrected chi connectivity index (χ0v) is 16.3. The quantitative estimate of drug-likeness (QED) is 0.586. The van der Waals surface area contributed by atoms with E-state index in [1.807, 2.05) is 6.07 Å². The smallest absolute Gasteiger partial charge is 0.462 e. The van der Waals surface area contributed by atoms with Crippen molar-refractivity contribution >= 4 is 23.3 Å². The van der Waals surface area contributed by atoms with Crippen LogP contribution in [-0.2, 0) is 14.3 Å². The van der Waals surface area contributed by atoms with Gasteiger partial charge in [-0.15, -0.1) is 13.2 Å². The third-order valence-electron chi connectivity index (χ3n) is 4.72. The molecule has 0 atom stereocenters. The lowest BCUT2D eigenvalue weighted by Crippen LogP contribution is -2.30. The molecule has 0 spiro atoms. The Balaban J connectivity index is 1.94. The van der Waals surface area contributed by atoms with Crippen LogP contribution in [-0.4, -0.2) is 38.4 Å². The summed E-state index contributed by atoms with van der Waals surface area (Å²) in [5, 5.41) is 2.47. The first kappa shape index (κ1) is 21.5. The fourth-order valence-corrected chi connectivity index (χ4v) is 3.37. The minimum absolute atomic E-state index is 0.319. The maximum Gasteiger partial charge on any atom is 0.573 e. The topological polar surface area (TPSA) is 67.9 Å². The van der Waals surface area contributed by atoms with Crippen LogP contribution >= 0.6 is 0 Å². The van der Waals surface area contributed by atoms with Crippen LogP contribution in [0.25, 0.3) is 11.1 Å². The van der Waals surface area contributed by atoms with Gasteiger partial charge in [-0.25, -0.2) is 4.79 Å². The van der Waals surface area contributed by atoms with Crippen molar-refractivity contribution in [1.82, 2.24) is 0 Å². The van der Waals surface area contributed by atoms with Crippen molar-refractivity contribution in [2.75, 3.05) is 30.4 Å². The Kier molecular flexibility index (Phi) is 6.49. The molecule has 6 nitrogen and oxygen atoms in total. The van der Waals surface area contributed by atoms with Crippen molar-refractivity contribution in [1.29, 1.82) is 0 Å². The Labute approximate surface area is 171 Å². The molecule has 1 aliphatic heterocycles. The molecule has 0 bridgehead atoms. The molecule has 3 rings (SSSR count). The molecule has 30 heavy (non-hydrogen) atoms. The lowest BCUT2D eigenvalue weighted by atomic mass is 10.00. The molecule has 0 unspecified atom stereocenters. The largest absolute Gasteiger partial charge is 0.573 e. The maximum atomic E-state index is 12.4. The Bertz CT molecular complexity index is 907. The molecular weight excluding hydrogens is 401 g/mol. The zero-order valence-electron chi connectivity index (χ0n) is 16.3. The minimum Gasteiger partial charge on any atom is -0.462 e. The summed E-state index contributed by atoms with van der Waals surface area (Å²) in [5.74, 6) is -2.26. The summed E-state index contributed by atoms with van der Waals surface area (Å²) in [4.78, 5) is 25.4. The van der Waals surface area contributed by atoms with Crippen molar-refractivity contribution in [3.05, 3.63) is 42.5 Å². The Morgan fingerprint density at radius 2 is 1.67 bits per heavy atom. The molecule has 2 aromatic rings. The fraction of sp³-hybridized carbons (Fsp3) is 0.333. The monoisotopic (exact) mass is 422 g/mol. The molecule has 0 radical (unpaired) electrons. The number of hydrogen-bond acceptors (Lipinski definition) is 5. The zero-order chi connectivity index (χ0) is 21.7. The number of carbonyl (C=O) groups is 2. The Hall–Kier alpha value is -3.23. The molecule has 1 N–H and O–H groups in total. The van der Waals surface area contributed by atoms with Gasteiger partial charge in [0.1, 0.15) is 5.75 Å². The first-order chi connectivity index (χ1) is 14.3. The molecule has 0 aromatic heterocycles. The van der Waals surface area contributed by atoms with Gasteiger partial charge in [-0.3, -0.25) is 4.79 Å². The number of methoxy groups -OCH3 is 1. The van der Waals surface area contributed by atoms with Crippen LogP contribution < -0.4 is 15.0 Å². The fourth-order valence-electron chi connectivity index (χ4n) is 3.37. The van der Waals surface area contributed by atoms with Gasteiger partial charge in [0, 0.05) is 30.0 Å². The van der Waals surface area contributed by atoms with E-state index in [0.29, 0.717) is 11.3 Å². The molecule has 2 aromatic carbocycles. The minimum atomic E-state index is -4.77. The first-order valence-corrected chi connectivity index (χ1v) is 9.41. The standard InChI is InChI=1S/C21H21F3N2O4/c1-29-20(28)19(27)25-15-7-10-18(26-11-3-2-4-12-26)17(13-15)14-5-8-16(9-6-14)30-21(22,23)24/h5-10,13H,2-4,11-12H2,1H3,(H,25,27). The van der Waals surface area contributed by atoms with Crippen LogP contribution in [0.5, 0.6) is 5.75 Å². The van der Waals surface area contributed by atoms with Gasteiger partial charge in [-0.2, -0.15) is 0 Å².